The summed E-state index contributed by atoms with van der Waals surface area (Å²) in [7, 11) is 0. The van der Waals surface area contributed by atoms with Crippen LogP contribution in [0.2, 0.25) is 0 Å². The Labute approximate surface area is 53.8 Å². The summed E-state index contributed by atoms with van der Waals surface area (Å²) in [6, 6.07) is 0. The van der Waals surface area contributed by atoms with Crippen molar-refractivity contribution in [3.63, 3.8) is 0 Å². The van der Waals surface area contributed by atoms with E-state index in [9.17, 15) is 4.39 Å². The molecule has 0 aromatic carbocycles. The highest BCUT2D eigenvalue weighted by atomic mass is 19.1. The van der Waals surface area contributed by atoms with Crippen LogP contribution in [0, 0.1) is 0 Å². The van der Waals surface area contributed by atoms with E-state index in [1.807, 2.05) is 0 Å². The van der Waals surface area contributed by atoms with Crippen LogP contribution >= 0.6 is 0 Å². The van der Waals surface area contributed by atoms with Crippen LogP contribution in [0.5, 0.6) is 0 Å². The molecule has 1 N–H and O–H groups in total. The maximum Gasteiger partial charge on any atom is 0.115 e. The van der Waals surface area contributed by atoms with Crippen LogP contribution in [0.4, 0.5) is 4.39 Å². The van der Waals surface area contributed by atoms with Gasteiger partial charge in [-0.15, -0.1) is 0 Å². The molecule has 0 spiro atoms. The number of halogens is 1. The van der Waals surface area contributed by atoms with Crippen molar-refractivity contribution in [2.24, 2.45) is 0 Å². The summed E-state index contributed by atoms with van der Waals surface area (Å²) in [6.45, 7) is 4.57. The molecule has 0 radical (unpaired) electrons. The molecule has 0 rings (SSSR count). The summed E-state index contributed by atoms with van der Waals surface area (Å²) in [5, 5.41) is 8.64. The average Bonchev–Trinajstić information content (AvgIpc) is 1.83. The van der Waals surface area contributed by atoms with Crippen molar-refractivity contribution in [3.8, 4) is 0 Å². The predicted molar refractivity (Wildman–Crippen MR) is 35.8 cm³/mol. The number of hydrogen-bond donors (Lipinski definition) is 1. The zero-order chi connectivity index (χ0) is 7.28. The monoisotopic (exact) mass is 128 g/mol. The summed E-state index contributed by atoms with van der Waals surface area (Å²) in [4.78, 5) is 0. The second kappa shape index (κ2) is 3.89. The van der Waals surface area contributed by atoms with E-state index in [4.69, 9.17) is 5.11 Å². The molecule has 0 bridgehead atoms. The lowest BCUT2D eigenvalue weighted by Crippen LogP contribution is -1.68. The molecule has 1 nitrogen and oxygen atoms in total. The molecule has 50 valence electrons. The normalized spacial score (nSPS) is 13.6. The molecule has 0 aromatic rings. The third kappa shape index (κ3) is 4.81. The number of hydrogen-bond acceptors (Lipinski definition) is 1. The second-order valence-corrected chi connectivity index (χ2v) is 1.55. The molecule has 0 saturated heterocycles. The van der Waals surface area contributed by atoms with Crippen LogP contribution < -0.4 is 0 Å². The first-order chi connectivity index (χ1) is 4.16. The van der Waals surface area contributed by atoms with E-state index in [1.165, 1.54) is 19.1 Å². The minimum Gasteiger partial charge on any atom is -0.508 e. The SMILES string of the molecule is C=C/C(O)=C\C=C(/C)F. The van der Waals surface area contributed by atoms with Crippen molar-refractivity contribution < 1.29 is 9.50 Å². The van der Waals surface area contributed by atoms with Gasteiger partial charge in [-0.05, 0) is 25.2 Å². The van der Waals surface area contributed by atoms with Gasteiger partial charge in [-0.2, -0.15) is 0 Å². The molecule has 0 saturated carbocycles. The first-order valence-corrected chi connectivity index (χ1v) is 2.52. The lowest BCUT2D eigenvalue weighted by molar-refractivity contribution is 0.432. The van der Waals surface area contributed by atoms with Gasteiger partial charge in [0.2, 0.25) is 0 Å². The van der Waals surface area contributed by atoms with Crippen LogP contribution in [0.15, 0.2) is 36.4 Å². The average molecular weight is 128 g/mol. The van der Waals surface area contributed by atoms with Crippen molar-refractivity contribution in [2.45, 2.75) is 6.92 Å². The van der Waals surface area contributed by atoms with Crippen molar-refractivity contribution >= 4 is 0 Å². The van der Waals surface area contributed by atoms with Crippen LogP contribution in [0.1, 0.15) is 6.92 Å². The fourth-order valence-corrected chi connectivity index (χ4v) is 0.268. The molecule has 0 fully saturated rings. The Bertz CT molecular complexity index is 152. The highest BCUT2D eigenvalue weighted by molar-refractivity contribution is 5.15. The van der Waals surface area contributed by atoms with E-state index >= 15 is 0 Å². The van der Waals surface area contributed by atoms with Gasteiger partial charge in [-0.3, -0.25) is 0 Å². The van der Waals surface area contributed by atoms with E-state index in [2.05, 4.69) is 6.58 Å². The Morgan fingerprint density at radius 2 is 2.11 bits per heavy atom. The predicted octanol–water partition coefficient (Wildman–Crippen LogP) is 2.49. The number of aliphatic hydroxyl groups excluding tert-OH is 1. The van der Waals surface area contributed by atoms with Crippen molar-refractivity contribution in [1.82, 2.24) is 0 Å². The second-order valence-electron chi connectivity index (χ2n) is 1.55. The Morgan fingerprint density at radius 1 is 1.56 bits per heavy atom. The third-order valence-corrected chi connectivity index (χ3v) is 0.693. The van der Waals surface area contributed by atoms with Gasteiger partial charge in [0.05, 0.1) is 5.83 Å². The molecule has 0 aliphatic rings. The van der Waals surface area contributed by atoms with E-state index in [0.29, 0.717) is 0 Å². The van der Waals surface area contributed by atoms with Crippen molar-refractivity contribution in [2.75, 3.05) is 0 Å². The number of aliphatic hydroxyl groups is 1. The molecule has 2 heteroatoms. The smallest absolute Gasteiger partial charge is 0.115 e. The minimum atomic E-state index is -0.344. The van der Waals surface area contributed by atoms with Crippen LogP contribution in [-0.2, 0) is 0 Å². The summed E-state index contributed by atoms with van der Waals surface area (Å²) < 4.78 is 11.9. The molecule has 0 amide bonds. The zero-order valence-corrected chi connectivity index (χ0v) is 5.26. The molecule has 9 heavy (non-hydrogen) atoms. The largest absolute Gasteiger partial charge is 0.508 e. The van der Waals surface area contributed by atoms with Gasteiger partial charge in [0.1, 0.15) is 5.76 Å². The number of rotatable bonds is 2. The molecule has 0 aliphatic carbocycles. The zero-order valence-electron chi connectivity index (χ0n) is 5.26. The summed E-state index contributed by atoms with van der Waals surface area (Å²) in [5.74, 6) is -0.379. The molecule has 0 heterocycles. The van der Waals surface area contributed by atoms with E-state index in [1.54, 1.807) is 0 Å². The lowest BCUT2D eigenvalue weighted by Gasteiger charge is -1.83. The van der Waals surface area contributed by atoms with E-state index in [0.717, 1.165) is 6.08 Å². The molecule has 0 aliphatic heterocycles. The fraction of sp³-hybridized carbons (Fsp3) is 0.143. The van der Waals surface area contributed by atoms with Gasteiger partial charge in [0.15, 0.2) is 0 Å². The molecular formula is C7H9FO. The van der Waals surface area contributed by atoms with E-state index < -0.39 is 0 Å². The molecule has 0 atom stereocenters. The Balaban J connectivity index is 3.98. The Hall–Kier alpha value is -1.05. The van der Waals surface area contributed by atoms with Gasteiger partial charge < -0.3 is 5.11 Å². The van der Waals surface area contributed by atoms with Gasteiger partial charge in [-0.1, -0.05) is 6.58 Å². The first kappa shape index (κ1) is 7.95. The fourth-order valence-electron chi connectivity index (χ4n) is 0.268. The van der Waals surface area contributed by atoms with Crippen LogP contribution in [-0.4, -0.2) is 5.11 Å². The van der Waals surface area contributed by atoms with Crippen LogP contribution in [0.25, 0.3) is 0 Å². The first-order valence-electron chi connectivity index (χ1n) is 2.52. The van der Waals surface area contributed by atoms with E-state index in [-0.39, 0.29) is 11.6 Å². The Kier molecular flexibility index (Phi) is 3.44. The summed E-state index contributed by atoms with van der Waals surface area (Å²) in [6.07, 6.45) is 3.64. The van der Waals surface area contributed by atoms with Crippen LogP contribution in [0.3, 0.4) is 0 Å². The minimum absolute atomic E-state index is 0.0352. The molecule has 0 aromatic heterocycles. The number of allylic oxidation sites excluding steroid dienone is 4. The molecule has 0 unspecified atom stereocenters. The van der Waals surface area contributed by atoms with Gasteiger partial charge in [0, 0.05) is 0 Å². The third-order valence-electron chi connectivity index (χ3n) is 0.693. The summed E-state index contributed by atoms with van der Waals surface area (Å²) >= 11 is 0. The van der Waals surface area contributed by atoms with Gasteiger partial charge in [-0.25, -0.2) is 4.39 Å². The van der Waals surface area contributed by atoms with Gasteiger partial charge >= 0.3 is 0 Å². The van der Waals surface area contributed by atoms with Crippen molar-refractivity contribution in [3.05, 3.63) is 36.4 Å². The highest BCUT2D eigenvalue weighted by Crippen LogP contribution is 1.95. The Morgan fingerprint density at radius 3 is 2.44 bits per heavy atom. The standard InChI is InChI=1S/C7H9FO/c1-3-7(9)5-4-6(2)8/h3-5,9H,1H2,2H3/b6-4+,7-5+. The summed E-state index contributed by atoms with van der Waals surface area (Å²) in [5.41, 5.74) is 0. The van der Waals surface area contributed by atoms with Crippen molar-refractivity contribution in [1.29, 1.82) is 0 Å². The highest BCUT2D eigenvalue weighted by Gasteiger charge is 1.79. The topological polar surface area (TPSA) is 20.2 Å². The lowest BCUT2D eigenvalue weighted by atomic mass is 10.4. The van der Waals surface area contributed by atoms with Gasteiger partial charge in [0.25, 0.3) is 0 Å². The quantitative estimate of drug-likeness (QED) is 0.447. The maximum atomic E-state index is 11.9. The molecular weight excluding hydrogens is 119 g/mol. The maximum absolute atomic E-state index is 11.9.